The van der Waals surface area contributed by atoms with Crippen LogP contribution in [0.4, 0.5) is 15.9 Å². The van der Waals surface area contributed by atoms with Gasteiger partial charge in [-0.3, -0.25) is 23.6 Å². The van der Waals surface area contributed by atoms with E-state index in [1.54, 1.807) is 6.07 Å². The molecule has 0 unspecified atom stereocenters. The van der Waals surface area contributed by atoms with E-state index < -0.39 is 34.6 Å². The summed E-state index contributed by atoms with van der Waals surface area (Å²) in [5.74, 6) is -1.86. The Morgan fingerprint density at radius 2 is 2.00 bits per heavy atom. The first-order valence-corrected chi connectivity index (χ1v) is 9.48. The summed E-state index contributed by atoms with van der Waals surface area (Å²) in [6, 6.07) is 4.26. The zero-order chi connectivity index (χ0) is 21.7. The molecule has 1 atom stereocenters. The fraction of sp³-hybridized carbons (Fsp3) is 0.353. The van der Waals surface area contributed by atoms with Gasteiger partial charge < -0.3 is 15.5 Å². The molecule has 0 aliphatic carbocycles. The largest absolute Gasteiger partial charge is 0.396 e. The predicted molar refractivity (Wildman–Crippen MR) is 110 cm³/mol. The third-order valence-corrected chi connectivity index (χ3v) is 4.65. The second kappa shape index (κ2) is 9.96. The van der Waals surface area contributed by atoms with Crippen molar-refractivity contribution in [2.45, 2.75) is 12.5 Å². The first-order valence-electron chi connectivity index (χ1n) is 8.40. The van der Waals surface area contributed by atoms with Gasteiger partial charge in [-0.15, -0.1) is 0 Å². The van der Waals surface area contributed by atoms with Crippen LogP contribution in [0.15, 0.2) is 27.8 Å². The SMILES string of the molecule is Cn1c(Nc2ccc(I)cc2F)c(C(=O)NOC[C@@H](O)CCO)c(=O)n(C)c1=O. The fourth-order valence-corrected chi connectivity index (χ4v) is 2.85. The van der Waals surface area contributed by atoms with Gasteiger partial charge in [0.25, 0.3) is 11.5 Å². The molecule has 0 bridgehead atoms. The number of aromatic nitrogens is 2. The summed E-state index contributed by atoms with van der Waals surface area (Å²) in [7, 11) is 2.51. The molecule has 10 nitrogen and oxygen atoms in total. The van der Waals surface area contributed by atoms with Crippen LogP contribution in [0, 0.1) is 9.39 Å². The van der Waals surface area contributed by atoms with Crippen LogP contribution in [-0.2, 0) is 18.9 Å². The molecule has 0 spiro atoms. The van der Waals surface area contributed by atoms with Gasteiger partial charge in [0.2, 0.25) is 0 Å². The number of hydrogen-bond donors (Lipinski definition) is 4. The lowest BCUT2D eigenvalue weighted by molar-refractivity contribution is -0.0189. The number of amides is 1. The quantitative estimate of drug-likeness (QED) is 0.283. The standard InChI is InChI=1S/C17H20FIN4O6/c1-22-14(20-12-4-3-9(19)7-11(12)18)13(16(27)23(2)17(22)28)15(26)21-29-8-10(25)5-6-24/h3-4,7,10,20,24-25H,5-6,8H2,1-2H3,(H,21,26)/t10-/m0/s1. The first-order chi connectivity index (χ1) is 13.7. The summed E-state index contributed by atoms with van der Waals surface area (Å²) < 4.78 is 16.6. The topological polar surface area (TPSA) is 135 Å². The fourth-order valence-electron chi connectivity index (χ4n) is 2.40. The van der Waals surface area contributed by atoms with E-state index in [0.29, 0.717) is 3.57 Å². The molecule has 0 aliphatic heterocycles. The van der Waals surface area contributed by atoms with Crippen LogP contribution in [0.2, 0.25) is 0 Å². The van der Waals surface area contributed by atoms with Gasteiger partial charge in [0.05, 0.1) is 11.8 Å². The summed E-state index contributed by atoms with van der Waals surface area (Å²) >= 11 is 1.93. The van der Waals surface area contributed by atoms with Gasteiger partial charge in [0, 0.05) is 24.3 Å². The minimum Gasteiger partial charge on any atom is -0.396 e. The monoisotopic (exact) mass is 522 g/mol. The van der Waals surface area contributed by atoms with Crippen LogP contribution in [0.1, 0.15) is 16.8 Å². The molecule has 0 saturated heterocycles. The van der Waals surface area contributed by atoms with Crippen molar-refractivity contribution in [3.63, 3.8) is 0 Å². The lowest BCUT2D eigenvalue weighted by atomic mass is 10.2. The highest BCUT2D eigenvalue weighted by Gasteiger charge is 2.23. The summed E-state index contributed by atoms with van der Waals surface area (Å²) in [4.78, 5) is 42.2. The van der Waals surface area contributed by atoms with E-state index in [1.807, 2.05) is 28.1 Å². The Hall–Kier alpha value is -2.29. The van der Waals surface area contributed by atoms with Crippen molar-refractivity contribution in [2.24, 2.45) is 14.1 Å². The second-order valence-electron chi connectivity index (χ2n) is 6.09. The van der Waals surface area contributed by atoms with Crippen molar-refractivity contribution in [2.75, 3.05) is 18.5 Å². The van der Waals surface area contributed by atoms with Crippen LogP contribution in [0.3, 0.4) is 0 Å². The number of hydrogen-bond acceptors (Lipinski definition) is 7. The van der Waals surface area contributed by atoms with E-state index in [0.717, 1.165) is 9.13 Å². The number of rotatable bonds is 8. The van der Waals surface area contributed by atoms with Crippen LogP contribution >= 0.6 is 22.6 Å². The Morgan fingerprint density at radius 1 is 1.31 bits per heavy atom. The van der Waals surface area contributed by atoms with Crippen molar-refractivity contribution < 1.29 is 24.2 Å². The van der Waals surface area contributed by atoms with Gasteiger partial charge in [0.15, 0.2) is 0 Å². The van der Waals surface area contributed by atoms with E-state index in [2.05, 4.69) is 5.32 Å². The number of aliphatic hydroxyl groups is 2. The van der Waals surface area contributed by atoms with Crippen LogP contribution in [-0.4, -0.2) is 44.6 Å². The summed E-state index contributed by atoms with van der Waals surface area (Å²) in [6.07, 6.45) is -0.988. The number of benzene rings is 1. The highest BCUT2D eigenvalue weighted by Crippen LogP contribution is 2.22. The average Bonchev–Trinajstić information content (AvgIpc) is 2.66. The zero-order valence-corrected chi connectivity index (χ0v) is 17.8. The van der Waals surface area contributed by atoms with Crippen molar-refractivity contribution in [3.05, 3.63) is 54.0 Å². The van der Waals surface area contributed by atoms with E-state index in [-0.39, 0.29) is 31.1 Å². The van der Waals surface area contributed by atoms with E-state index in [9.17, 15) is 23.9 Å². The normalized spacial score (nSPS) is 11.9. The van der Waals surface area contributed by atoms with Crippen molar-refractivity contribution in [1.82, 2.24) is 14.6 Å². The minimum absolute atomic E-state index is 0.0381. The molecule has 0 fully saturated rings. The van der Waals surface area contributed by atoms with Crippen molar-refractivity contribution in [3.8, 4) is 0 Å². The predicted octanol–water partition coefficient (Wildman–Crippen LogP) is -0.0240. The van der Waals surface area contributed by atoms with Gasteiger partial charge in [-0.1, -0.05) is 0 Å². The molecule has 0 aliphatic rings. The summed E-state index contributed by atoms with van der Waals surface area (Å²) in [5.41, 5.74) is -0.154. The molecule has 12 heteroatoms. The number of anilines is 2. The molecule has 0 radical (unpaired) electrons. The second-order valence-corrected chi connectivity index (χ2v) is 7.33. The van der Waals surface area contributed by atoms with E-state index in [1.165, 1.54) is 26.2 Å². The molecule has 2 aromatic rings. The Balaban J connectivity index is 2.41. The highest BCUT2D eigenvalue weighted by atomic mass is 127. The van der Waals surface area contributed by atoms with Crippen LogP contribution in [0.25, 0.3) is 0 Å². The van der Waals surface area contributed by atoms with Gasteiger partial charge in [-0.05, 0) is 47.2 Å². The number of carbonyl (C=O) groups is 1. The number of aliphatic hydroxyl groups excluding tert-OH is 2. The van der Waals surface area contributed by atoms with Gasteiger partial charge in [-0.25, -0.2) is 14.7 Å². The van der Waals surface area contributed by atoms with Crippen LogP contribution in [0.5, 0.6) is 0 Å². The lowest BCUT2D eigenvalue weighted by Crippen LogP contribution is -2.43. The smallest absolute Gasteiger partial charge is 0.332 e. The average molecular weight is 522 g/mol. The third kappa shape index (κ3) is 5.41. The molecule has 29 heavy (non-hydrogen) atoms. The maximum atomic E-state index is 14.2. The molecular formula is C17H20FIN4O6. The Labute approximate surface area is 178 Å². The van der Waals surface area contributed by atoms with Gasteiger partial charge in [0.1, 0.15) is 23.8 Å². The summed E-state index contributed by atoms with van der Waals surface area (Å²) in [5, 5.41) is 20.9. The number of nitrogens with zero attached hydrogens (tertiary/aromatic N) is 2. The molecule has 1 aromatic heterocycles. The van der Waals surface area contributed by atoms with Crippen molar-refractivity contribution >= 4 is 40.0 Å². The molecule has 1 aromatic carbocycles. The maximum Gasteiger partial charge on any atom is 0.332 e. The molecular weight excluding hydrogens is 502 g/mol. The number of hydroxylamine groups is 1. The van der Waals surface area contributed by atoms with E-state index >= 15 is 0 Å². The minimum atomic E-state index is -1.03. The number of carbonyl (C=O) groups excluding carboxylic acids is 1. The van der Waals surface area contributed by atoms with Crippen molar-refractivity contribution in [1.29, 1.82) is 0 Å². The molecule has 0 saturated carbocycles. The Kier molecular flexibility index (Phi) is 7.89. The zero-order valence-electron chi connectivity index (χ0n) is 15.6. The molecule has 2 rings (SSSR count). The molecule has 158 valence electrons. The molecule has 1 amide bonds. The molecule has 1 heterocycles. The lowest BCUT2D eigenvalue weighted by Gasteiger charge is -2.17. The molecule has 4 N–H and O–H groups in total. The maximum absolute atomic E-state index is 14.2. The Morgan fingerprint density at radius 3 is 2.62 bits per heavy atom. The van der Waals surface area contributed by atoms with Gasteiger partial charge >= 0.3 is 5.69 Å². The summed E-state index contributed by atoms with van der Waals surface area (Å²) in [6.45, 7) is -0.595. The van der Waals surface area contributed by atoms with Crippen LogP contribution < -0.4 is 22.0 Å². The number of halogens is 2. The van der Waals surface area contributed by atoms with Gasteiger partial charge in [-0.2, -0.15) is 0 Å². The highest BCUT2D eigenvalue weighted by molar-refractivity contribution is 14.1. The number of nitrogens with one attached hydrogen (secondary N) is 2. The first kappa shape index (κ1) is 23.0. The Bertz CT molecular complexity index is 1020. The third-order valence-electron chi connectivity index (χ3n) is 3.98. The van der Waals surface area contributed by atoms with E-state index in [4.69, 9.17) is 9.94 Å².